The first-order valence-electron chi connectivity index (χ1n) is 6.38. The van der Waals surface area contributed by atoms with Crippen LogP contribution in [0, 0.1) is 0 Å². The Labute approximate surface area is 130 Å². The fourth-order valence-corrected chi connectivity index (χ4v) is 2.76. The number of anilines is 1. The van der Waals surface area contributed by atoms with Gasteiger partial charge >= 0.3 is 0 Å². The van der Waals surface area contributed by atoms with E-state index in [0.29, 0.717) is 25.6 Å². The predicted molar refractivity (Wildman–Crippen MR) is 81.3 cm³/mol. The van der Waals surface area contributed by atoms with E-state index in [9.17, 15) is 8.42 Å². The lowest BCUT2D eigenvalue weighted by Crippen LogP contribution is -2.27. The van der Waals surface area contributed by atoms with Crippen molar-refractivity contribution in [3.63, 3.8) is 0 Å². The van der Waals surface area contributed by atoms with Gasteiger partial charge in [-0.15, -0.1) is 0 Å². The van der Waals surface area contributed by atoms with E-state index < -0.39 is 10.0 Å². The van der Waals surface area contributed by atoms with Crippen LogP contribution in [-0.4, -0.2) is 53.9 Å². The molecule has 0 unspecified atom stereocenters. The molecular weight excluding hydrogens is 318 g/mol. The van der Waals surface area contributed by atoms with Crippen molar-refractivity contribution in [3.05, 3.63) is 17.3 Å². The van der Waals surface area contributed by atoms with Crippen LogP contribution in [-0.2, 0) is 19.5 Å². The van der Waals surface area contributed by atoms with Crippen LogP contribution >= 0.6 is 11.6 Å². The lowest BCUT2D eigenvalue weighted by Gasteiger charge is -2.10. The van der Waals surface area contributed by atoms with Gasteiger partial charge in [-0.3, -0.25) is 0 Å². The molecule has 0 bridgehead atoms. The summed E-state index contributed by atoms with van der Waals surface area (Å²) >= 11 is 6.04. The molecule has 0 amide bonds. The van der Waals surface area contributed by atoms with Gasteiger partial charge in [0.1, 0.15) is 10.7 Å². The van der Waals surface area contributed by atoms with Crippen molar-refractivity contribution in [2.24, 2.45) is 0 Å². The largest absolute Gasteiger partial charge is 0.385 e. The molecule has 0 aliphatic heterocycles. The van der Waals surface area contributed by atoms with Crippen molar-refractivity contribution in [2.45, 2.75) is 11.3 Å². The molecule has 1 heterocycles. The quantitative estimate of drug-likeness (QED) is 0.622. The van der Waals surface area contributed by atoms with Gasteiger partial charge in [0.25, 0.3) is 0 Å². The Hall–Kier alpha value is -0.930. The van der Waals surface area contributed by atoms with Crippen LogP contribution in [0.3, 0.4) is 0 Å². The molecule has 1 rings (SSSR count). The van der Waals surface area contributed by atoms with Gasteiger partial charge in [0.05, 0.1) is 11.6 Å². The maximum absolute atomic E-state index is 12.0. The average molecular weight is 338 g/mol. The van der Waals surface area contributed by atoms with E-state index in [1.54, 1.807) is 7.11 Å². The summed E-state index contributed by atoms with van der Waals surface area (Å²) in [7, 11) is -0.502. The van der Waals surface area contributed by atoms with Crippen molar-refractivity contribution in [2.75, 3.05) is 45.8 Å². The molecule has 0 atom stereocenters. The Morgan fingerprint density at radius 1 is 1.24 bits per heavy atom. The number of nitrogens with zero attached hydrogens (tertiary/aromatic N) is 1. The standard InChI is InChI=1S/C12H20ClN3O4S/c1-19-6-3-4-14-12-11(13)8-10(9-15-12)21(17,18)16-5-7-20-2/h8-9,16H,3-7H2,1-2H3,(H,14,15). The van der Waals surface area contributed by atoms with Gasteiger partial charge in [-0.1, -0.05) is 11.6 Å². The van der Waals surface area contributed by atoms with E-state index in [0.717, 1.165) is 6.42 Å². The van der Waals surface area contributed by atoms with E-state index in [1.165, 1.54) is 19.4 Å². The fourth-order valence-electron chi connectivity index (χ4n) is 1.48. The molecule has 120 valence electrons. The summed E-state index contributed by atoms with van der Waals surface area (Å²) in [5.41, 5.74) is 0. The van der Waals surface area contributed by atoms with Gasteiger partial charge in [0.15, 0.2) is 0 Å². The molecular formula is C12H20ClN3O4S. The Kier molecular flexibility index (Phi) is 7.91. The molecule has 2 N–H and O–H groups in total. The average Bonchev–Trinajstić information content (AvgIpc) is 2.45. The van der Waals surface area contributed by atoms with Gasteiger partial charge in [0, 0.05) is 40.1 Å². The number of methoxy groups -OCH3 is 2. The van der Waals surface area contributed by atoms with Gasteiger partial charge in [0.2, 0.25) is 10.0 Å². The first-order valence-corrected chi connectivity index (χ1v) is 8.24. The summed E-state index contributed by atoms with van der Waals surface area (Å²) in [5, 5.41) is 3.27. The van der Waals surface area contributed by atoms with Crippen LogP contribution < -0.4 is 10.0 Å². The summed E-state index contributed by atoms with van der Waals surface area (Å²) in [6.07, 6.45) is 2.06. The van der Waals surface area contributed by atoms with Crippen LogP contribution in [0.1, 0.15) is 6.42 Å². The third kappa shape index (κ3) is 6.15. The molecule has 0 fully saturated rings. The second kappa shape index (κ2) is 9.16. The first-order chi connectivity index (χ1) is 10.0. The number of aromatic nitrogens is 1. The van der Waals surface area contributed by atoms with Gasteiger partial charge in [-0.25, -0.2) is 18.1 Å². The summed E-state index contributed by atoms with van der Waals surface area (Å²) in [6.45, 7) is 1.74. The Balaban J connectivity index is 2.68. The molecule has 0 saturated carbocycles. The van der Waals surface area contributed by atoms with Crippen molar-refractivity contribution in [3.8, 4) is 0 Å². The lowest BCUT2D eigenvalue weighted by atomic mass is 10.4. The van der Waals surface area contributed by atoms with E-state index in [4.69, 9.17) is 21.1 Å². The summed E-state index contributed by atoms with van der Waals surface area (Å²) in [6, 6.07) is 1.36. The third-order valence-electron chi connectivity index (χ3n) is 2.54. The smallest absolute Gasteiger partial charge is 0.242 e. The minimum absolute atomic E-state index is 0.0195. The highest BCUT2D eigenvalue weighted by atomic mass is 35.5. The SMILES string of the molecule is COCCCNc1ncc(S(=O)(=O)NCCOC)cc1Cl. The molecule has 0 aromatic carbocycles. The predicted octanol–water partition coefficient (Wildman–Crippen LogP) is 1.11. The Morgan fingerprint density at radius 2 is 1.95 bits per heavy atom. The number of halogens is 1. The van der Waals surface area contributed by atoms with Crippen LogP contribution in [0.25, 0.3) is 0 Å². The number of pyridine rings is 1. The summed E-state index contributed by atoms with van der Waals surface area (Å²) < 4.78 is 36.1. The zero-order chi connectivity index (χ0) is 15.7. The second-order valence-electron chi connectivity index (χ2n) is 4.17. The van der Waals surface area contributed by atoms with Crippen LogP contribution in [0.4, 0.5) is 5.82 Å². The molecule has 0 aliphatic rings. The van der Waals surface area contributed by atoms with Crippen LogP contribution in [0.15, 0.2) is 17.2 Å². The van der Waals surface area contributed by atoms with Crippen molar-refractivity contribution in [1.29, 1.82) is 0 Å². The number of rotatable bonds is 10. The van der Waals surface area contributed by atoms with Crippen molar-refractivity contribution in [1.82, 2.24) is 9.71 Å². The number of ether oxygens (including phenoxy) is 2. The fraction of sp³-hybridized carbons (Fsp3) is 0.583. The van der Waals surface area contributed by atoms with E-state index >= 15 is 0 Å². The maximum atomic E-state index is 12.0. The lowest BCUT2D eigenvalue weighted by molar-refractivity contribution is 0.198. The number of hydrogen-bond donors (Lipinski definition) is 2. The molecule has 9 heteroatoms. The van der Waals surface area contributed by atoms with E-state index in [-0.39, 0.29) is 16.5 Å². The highest BCUT2D eigenvalue weighted by Gasteiger charge is 2.16. The topological polar surface area (TPSA) is 89.5 Å². The molecule has 0 spiro atoms. The molecule has 1 aromatic heterocycles. The normalized spacial score (nSPS) is 11.6. The Bertz CT molecular complexity index is 539. The van der Waals surface area contributed by atoms with E-state index in [1.807, 2.05) is 0 Å². The van der Waals surface area contributed by atoms with Crippen LogP contribution in [0.2, 0.25) is 5.02 Å². The monoisotopic (exact) mass is 337 g/mol. The van der Waals surface area contributed by atoms with Gasteiger partial charge in [-0.05, 0) is 12.5 Å². The first kappa shape index (κ1) is 18.1. The number of nitrogens with one attached hydrogen (secondary N) is 2. The van der Waals surface area contributed by atoms with Gasteiger partial charge < -0.3 is 14.8 Å². The minimum atomic E-state index is -3.63. The van der Waals surface area contributed by atoms with Crippen molar-refractivity contribution < 1.29 is 17.9 Å². The maximum Gasteiger partial charge on any atom is 0.242 e. The molecule has 0 saturated heterocycles. The van der Waals surface area contributed by atoms with Crippen molar-refractivity contribution >= 4 is 27.4 Å². The minimum Gasteiger partial charge on any atom is -0.385 e. The molecule has 1 aromatic rings. The van der Waals surface area contributed by atoms with Crippen LogP contribution in [0.5, 0.6) is 0 Å². The number of hydrogen-bond acceptors (Lipinski definition) is 6. The van der Waals surface area contributed by atoms with E-state index in [2.05, 4.69) is 15.0 Å². The molecule has 0 radical (unpaired) electrons. The molecule has 7 nitrogen and oxygen atoms in total. The highest BCUT2D eigenvalue weighted by Crippen LogP contribution is 2.22. The number of sulfonamides is 1. The third-order valence-corrected chi connectivity index (χ3v) is 4.26. The summed E-state index contributed by atoms with van der Waals surface area (Å²) in [4.78, 5) is 4.06. The molecule has 0 aliphatic carbocycles. The molecule has 21 heavy (non-hydrogen) atoms. The second-order valence-corrected chi connectivity index (χ2v) is 6.34. The zero-order valence-corrected chi connectivity index (χ0v) is 13.6. The highest BCUT2D eigenvalue weighted by molar-refractivity contribution is 7.89. The zero-order valence-electron chi connectivity index (χ0n) is 12.1. The summed E-state index contributed by atoms with van der Waals surface area (Å²) in [5.74, 6) is 0.448. The Morgan fingerprint density at radius 3 is 2.57 bits per heavy atom. The van der Waals surface area contributed by atoms with Gasteiger partial charge in [-0.2, -0.15) is 0 Å².